The van der Waals surface area contributed by atoms with Crippen molar-refractivity contribution in [2.24, 2.45) is 0 Å². The van der Waals surface area contributed by atoms with Crippen LogP contribution in [0.25, 0.3) is 0 Å². The quantitative estimate of drug-likeness (QED) is 0.0860. The normalized spacial score (nSPS) is 11.0. The van der Waals surface area contributed by atoms with Crippen molar-refractivity contribution >= 4 is 54.6 Å². The summed E-state index contributed by atoms with van der Waals surface area (Å²) in [6.45, 7) is 1.73. The van der Waals surface area contributed by atoms with Crippen LogP contribution in [0, 0.1) is 0 Å². The smallest absolute Gasteiger partial charge is 0.173 e. The van der Waals surface area contributed by atoms with Crippen molar-refractivity contribution in [1.82, 2.24) is 0 Å². The summed E-state index contributed by atoms with van der Waals surface area (Å²) in [5.74, 6) is 0. The first-order valence-corrected chi connectivity index (χ1v) is 18.1. The molecule has 2 aromatic heterocycles. The Morgan fingerprint density at radius 2 is 0.688 bits per heavy atom. The maximum Gasteiger partial charge on any atom is 0.173 e. The van der Waals surface area contributed by atoms with Gasteiger partial charge in [0.1, 0.15) is 0 Å². The van der Waals surface area contributed by atoms with Gasteiger partial charge < -0.3 is 9.80 Å². The number of hydrogen-bond donors (Lipinski definition) is 0. The van der Waals surface area contributed by atoms with Gasteiger partial charge in [-0.25, -0.2) is 9.13 Å². The van der Waals surface area contributed by atoms with E-state index in [0.29, 0.717) is 0 Å². The molecule has 0 bridgehead atoms. The molecule has 0 N–H and O–H groups in total. The molecule has 0 fully saturated rings. The Morgan fingerprint density at radius 1 is 0.396 bits per heavy atom. The summed E-state index contributed by atoms with van der Waals surface area (Å²) in [5.41, 5.74) is 10.1. The minimum absolute atomic E-state index is 0.867. The molecule has 0 radical (unpaired) electrons. The lowest BCUT2D eigenvalue weighted by atomic mass is 10.0. The van der Waals surface area contributed by atoms with Crippen LogP contribution in [0.4, 0.5) is 22.7 Å². The van der Waals surface area contributed by atoms with E-state index < -0.39 is 0 Å². The molecule has 2 heterocycles. The number of nitrogens with zero attached hydrogens (tertiary/aromatic N) is 4. The predicted molar refractivity (Wildman–Crippen MR) is 205 cm³/mol. The van der Waals surface area contributed by atoms with E-state index >= 15 is 0 Å². The summed E-state index contributed by atoms with van der Waals surface area (Å²) in [5, 5.41) is 0. The third-order valence-corrected chi connectivity index (χ3v) is 9.96. The summed E-state index contributed by atoms with van der Waals surface area (Å²) in [6, 6.07) is 43.7. The predicted octanol–water partition coefficient (Wildman–Crippen LogP) is 9.98. The molecular weight excluding hydrogens is 720 g/mol. The molecule has 0 spiro atoms. The maximum absolute atomic E-state index is 3.52. The summed E-state index contributed by atoms with van der Waals surface area (Å²) >= 11 is 7.03. The first kappa shape index (κ1) is 33.6. The highest BCUT2D eigenvalue weighted by molar-refractivity contribution is 9.10. The molecule has 6 rings (SSSR count). The number of anilines is 4. The largest absolute Gasteiger partial charge is 0.344 e. The molecule has 48 heavy (non-hydrogen) atoms. The molecule has 0 amide bonds. The molecule has 6 heteroatoms. The van der Waals surface area contributed by atoms with Gasteiger partial charge in [-0.15, -0.1) is 0 Å². The SMILES string of the molecule is CN(c1ccc(Br)cc1)c1cc[n+](Cc2ccc(CCCCc3ccc(C[n+]4ccc(N(C)c5ccc(Br)cc5)cc4)cc3)cc2)cc1. The zero-order valence-corrected chi connectivity index (χ0v) is 30.8. The second-order valence-corrected chi connectivity index (χ2v) is 14.2. The van der Waals surface area contributed by atoms with Crippen molar-refractivity contribution in [3.63, 3.8) is 0 Å². The van der Waals surface area contributed by atoms with Crippen LogP contribution in [0.15, 0.2) is 155 Å². The highest BCUT2D eigenvalue weighted by Crippen LogP contribution is 2.25. The van der Waals surface area contributed by atoms with Crippen LogP contribution >= 0.6 is 31.9 Å². The zero-order valence-electron chi connectivity index (χ0n) is 27.6. The van der Waals surface area contributed by atoms with Crippen molar-refractivity contribution in [2.75, 3.05) is 23.9 Å². The van der Waals surface area contributed by atoms with E-state index in [4.69, 9.17) is 0 Å². The zero-order chi connectivity index (χ0) is 33.3. The number of aryl methyl sites for hydroxylation is 2. The number of benzene rings is 4. The van der Waals surface area contributed by atoms with Gasteiger partial charge >= 0.3 is 0 Å². The van der Waals surface area contributed by atoms with Crippen LogP contribution in [0.1, 0.15) is 35.1 Å². The molecule has 0 aliphatic carbocycles. The Bertz CT molecular complexity index is 1730. The van der Waals surface area contributed by atoms with E-state index in [1.165, 1.54) is 57.8 Å². The van der Waals surface area contributed by atoms with E-state index in [0.717, 1.165) is 34.9 Å². The van der Waals surface area contributed by atoms with Crippen molar-refractivity contribution in [1.29, 1.82) is 0 Å². The van der Waals surface area contributed by atoms with E-state index in [1.807, 2.05) is 0 Å². The summed E-state index contributed by atoms with van der Waals surface area (Å²) < 4.78 is 6.65. The molecular formula is C42H42Br2N4+2. The lowest BCUT2D eigenvalue weighted by molar-refractivity contribution is -0.688. The number of unbranched alkanes of at least 4 members (excludes halogenated alkanes) is 1. The molecule has 4 nitrogen and oxygen atoms in total. The van der Waals surface area contributed by atoms with Gasteiger partial charge in [0, 0.05) is 69.8 Å². The Kier molecular flexibility index (Phi) is 11.4. The molecule has 0 unspecified atom stereocenters. The number of rotatable bonds is 13. The fraction of sp³-hybridized carbons (Fsp3) is 0.190. The van der Waals surface area contributed by atoms with Gasteiger partial charge in [-0.2, -0.15) is 0 Å². The topological polar surface area (TPSA) is 14.2 Å². The van der Waals surface area contributed by atoms with Gasteiger partial charge in [-0.1, -0.05) is 80.4 Å². The standard InChI is InChI=1S/C42H42Br2N4/c1-45(39-19-15-37(43)16-20-39)41-23-27-47(28-24-41)31-35-11-7-33(8-12-35)5-3-4-6-34-9-13-36(14-10-34)32-48-29-25-42(26-30-48)46(2)40-21-17-38(44)18-22-40/h7-30H,3-6,31-32H2,1-2H3/q+2. The lowest BCUT2D eigenvalue weighted by Crippen LogP contribution is -2.33. The molecule has 4 aromatic carbocycles. The van der Waals surface area contributed by atoms with Crippen molar-refractivity contribution < 1.29 is 9.13 Å². The minimum atomic E-state index is 0.867. The Morgan fingerprint density at radius 3 is 1.02 bits per heavy atom. The van der Waals surface area contributed by atoms with Crippen LogP contribution in [-0.4, -0.2) is 14.1 Å². The average molecular weight is 763 g/mol. The van der Waals surface area contributed by atoms with E-state index in [-0.39, 0.29) is 0 Å². The van der Waals surface area contributed by atoms with Gasteiger partial charge in [0.05, 0.1) is 11.4 Å². The van der Waals surface area contributed by atoms with Gasteiger partial charge in [-0.3, -0.25) is 0 Å². The number of halogens is 2. The first-order valence-electron chi connectivity index (χ1n) is 16.5. The second-order valence-electron chi connectivity index (χ2n) is 12.4. The molecule has 242 valence electrons. The van der Waals surface area contributed by atoms with Crippen LogP contribution in [0.3, 0.4) is 0 Å². The van der Waals surface area contributed by atoms with Crippen LogP contribution in [-0.2, 0) is 25.9 Å². The number of aromatic nitrogens is 2. The molecule has 0 aliphatic heterocycles. The minimum Gasteiger partial charge on any atom is -0.344 e. The number of pyridine rings is 2. The van der Waals surface area contributed by atoms with E-state index in [2.05, 4.69) is 211 Å². The summed E-state index contributed by atoms with van der Waals surface area (Å²) in [7, 11) is 4.20. The highest BCUT2D eigenvalue weighted by Gasteiger charge is 2.10. The average Bonchev–Trinajstić information content (AvgIpc) is 3.12. The summed E-state index contributed by atoms with van der Waals surface area (Å²) in [6.07, 6.45) is 13.3. The van der Waals surface area contributed by atoms with Crippen molar-refractivity contribution in [3.05, 3.63) is 177 Å². The van der Waals surface area contributed by atoms with Crippen LogP contribution in [0.5, 0.6) is 0 Å². The Balaban J connectivity index is 0.916. The molecule has 0 saturated carbocycles. The first-order chi connectivity index (χ1) is 23.4. The van der Waals surface area contributed by atoms with E-state index in [1.54, 1.807) is 0 Å². The molecule has 6 aromatic rings. The van der Waals surface area contributed by atoms with Crippen molar-refractivity contribution in [3.8, 4) is 0 Å². The highest BCUT2D eigenvalue weighted by atomic mass is 79.9. The van der Waals surface area contributed by atoms with Crippen molar-refractivity contribution in [2.45, 2.75) is 38.8 Å². The number of hydrogen-bond acceptors (Lipinski definition) is 2. The molecule has 0 aliphatic rings. The maximum atomic E-state index is 3.52. The second kappa shape index (κ2) is 16.2. The lowest BCUT2D eigenvalue weighted by Gasteiger charge is -2.18. The molecule has 0 saturated heterocycles. The third-order valence-electron chi connectivity index (χ3n) is 8.91. The molecule has 0 atom stereocenters. The Labute approximate surface area is 302 Å². The van der Waals surface area contributed by atoms with Crippen LogP contribution < -0.4 is 18.9 Å². The summed E-state index contributed by atoms with van der Waals surface area (Å²) in [4.78, 5) is 4.40. The van der Waals surface area contributed by atoms with Gasteiger partial charge in [-0.05, 0) is 85.3 Å². The van der Waals surface area contributed by atoms with E-state index in [9.17, 15) is 0 Å². The fourth-order valence-electron chi connectivity index (χ4n) is 5.89. The van der Waals surface area contributed by atoms with Gasteiger partial charge in [0.2, 0.25) is 0 Å². The van der Waals surface area contributed by atoms with Gasteiger partial charge in [0.25, 0.3) is 0 Å². The van der Waals surface area contributed by atoms with Crippen LogP contribution in [0.2, 0.25) is 0 Å². The Hall–Kier alpha value is -4.26. The van der Waals surface area contributed by atoms with Gasteiger partial charge in [0.15, 0.2) is 37.9 Å². The monoisotopic (exact) mass is 760 g/mol. The third kappa shape index (κ3) is 9.21. The fourth-order valence-corrected chi connectivity index (χ4v) is 6.42.